The number of esters is 1. The Morgan fingerprint density at radius 2 is 1.48 bits per heavy atom. The lowest BCUT2D eigenvalue weighted by atomic mass is 9.98. The van der Waals surface area contributed by atoms with Crippen molar-refractivity contribution in [3.63, 3.8) is 0 Å². The van der Waals surface area contributed by atoms with Crippen LogP contribution in [0.4, 0.5) is 4.79 Å². The summed E-state index contributed by atoms with van der Waals surface area (Å²) in [6, 6.07) is 22.2. The van der Waals surface area contributed by atoms with Crippen molar-refractivity contribution in [2.45, 2.75) is 44.8 Å². The van der Waals surface area contributed by atoms with E-state index in [1.807, 2.05) is 72.8 Å². The van der Waals surface area contributed by atoms with E-state index in [1.165, 1.54) is 0 Å². The monoisotopic (exact) mass is 568 g/mol. The van der Waals surface area contributed by atoms with E-state index in [2.05, 4.69) is 21.2 Å². The largest absolute Gasteiger partial charge is 0.453 e. The molecule has 42 heavy (non-hydrogen) atoms. The Morgan fingerprint density at radius 3 is 2.14 bits per heavy atom. The molecule has 5 rings (SSSR count). The molecule has 0 saturated heterocycles. The van der Waals surface area contributed by atoms with Crippen molar-refractivity contribution in [3.8, 4) is 11.1 Å². The summed E-state index contributed by atoms with van der Waals surface area (Å²) in [5.74, 6) is -3.10. The van der Waals surface area contributed by atoms with Crippen LogP contribution in [0.15, 0.2) is 79.0 Å². The van der Waals surface area contributed by atoms with Crippen LogP contribution in [0.1, 0.15) is 43.4 Å². The Morgan fingerprint density at radius 1 is 0.857 bits per heavy atom. The van der Waals surface area contributed by atoms with Gasteiger partial charge in [-0.3, -0.25) is 15.0 Å². The minimum Gasteiger partial charge on any atom is -0.453 e. The molecule has 1 heterocycles. The zero-order chi connectivity index (χ0) is 29.9. The molecule has 216 valence electrons. The maximum Gasteiger partial charge on any atom is 0.426 e. The second-order valence-electron chi connectivity index (χ2n) is 11.0. The van der Waals surface area contributed by atoms with Crippen molar-refractivity contribution in [1.82, 2.24) is 21.2 Å². The number of carbonyl (C=O) groups excluding carboxylic acids is 4. The zero-order valence-electron chi connectivity index (χ0n) is 23.5. The van der Waals surface area contributed by atoms with Gasteiger partial charge in [0.05, 0.1) is 0 Å². The molecule has 1 atom stereocenters. The van der Waals surface area contributed by atoms with Crippen molar-refractivity contribution < 1.29 is 28.7 Å². The summed E-state index contributed by atoms with van der Waals surface area (Å²) < 4.78 is 10.6. The van der Waals surface area contributed by atoms with Crippen LogP contribution in [0.2, 0.25) is 0 Å². The van der Waals surface area contributed by atoms with E-state index < -0.39 is 35.5 Å². The first-order valence-corrected chi connectivity index (χ1v) is 13.6. The number of hydrogen-bond acceptors (Lipinski definition) is 6. The summed E-state index contributed by atoms with van der Waals surface area (Å²) in [5.41, 5.74) is 9.55. The number of rotatable bonds is 6. The maximum atomic E-state index is 13.2. The van der Waals surface area contributed by atoms with Crippen molar-refractivity contribution in [1.29, 1.82) is 0 Å². The van der Waals surface area contributed by atoms with E-state index in [0.29, 0.717) is 0 Å². The summed E-state index contributed by atoms with van der Waals surface area (Å²) in [6.45, 7) is 4.95. The molecule has 3 aromatic carbocycles. The van der Waals surface area contributed by atoms with Crippen molar-refractivity contribution >= 4 is 34.8 Å². The lowest BCUT2D eigenvalue weighted by molar-refractivity contribution is -0.163. The molecule has 1 aliphatic rings. The Balaban J connectivity index is 1.24. The Kier molecular flexibility index (Phi) is 7.97. The predicted molar refractivity (Wildman–Crippen MR) is 156 cm³/mol. The fourth-order valence-corrected chi connectivity index (χ4v) is 5.11. The zero-order valence-corrected chi connectivity index (χ0v) is 23.5. The molecule has 1 aromatic heterocycles. The molecule has 4 N–H and O–H groups in total. The number of aromatic amines is 1. The third-order valence-corrected chi connectivity index (χ3v) is 6.94. The second-order valence-corrected chi connectivity index (χ2v) is 11.0. The standard InChI is InChI=1S/C32H32N4O6/c1-32(2,3)42-30(39)29(38)34-27(16-19-17-33-26-15-9-8-10-20(19)26)28(37)35-36-31(40)41-18-25-23-13-6-4-11-21(23)22-12-5-7-14-24(22)25/h4-15,17,25,27,33H,16,18H2,1-3H3,(H,34,38)(H,35,37)(H,36,40)/t27-/m0/s1. The molecule has 10 heteroatoms. The number of carbonyl (C=O) groups is 4. The first-order chi connectivity index (χ1) is 20.1. The number of fused-ring (bicyclic) bond motifs is 4. The number of hydrogen-bond donors (Lipinski definition) is 4. The number of nitrogens with one attached hydrogen (secondary N) is 4. The van der Waals surface area contributed by atoms with E-state index in [9.17, 15) is 19.2 Å². The summed E-state index contributed by atoms with van der Waals surface area (Å²) >= 11 is 0. The second kappa shape index (κ2) is 11.8. The molecule has 3 amide bonds. The van der Waals surface area contributed by atoms with Crippen LogP contribution >= 0.6 is 0 Å². The Bertz CT molecular complexity index is 1610. The minimum absolute atomic E-state index is 0.0384. The number of amides is 3. The third kappa shape index (κ3) is 6.27. The van der Waals surface area contributed by atoms with Gasteiger partial charge in [0, 0.05) is 29.4 Å². The third-order valence-electron chi connectivity index (χ3n) is 6.94. The van der Waals surface area contributed by atoms with Gasteiger partial charge < -0.3 is 19.8 Å². The van der Waals surface area contributed by atoms with E-state index in [-0.39, 0.29) is 18.9 Å². The predicted octanol–water partition coefficient (Wildman–Crippen LogP) is 4.11. The number of aromatic nitrogens is 1. The fourth-order valence-electron chi connectivity index (χ4n) is 5.11. The van der Waals surface area contributed by atoms with Crippen LogP contribution in [0.25, 0.3) is 22.0 Å². The highest BCUT2D eigenvalue weighted by molar-refractivity contribution is 6.33. The molecule has 0 saturated carbocycles. The van der Waals surface area contributed by atoms with Gasteiger partial charge >= 0.3 is 18.0 Å². The highest BCUT2D eigenvalue weighted by atomic mass is 16.6. The van der Waals surface area contributed by atoms with Gasteiger partial charge in [0.25, 0.3) is 5.91 Å². The first kappa shape index (κ1) is 28.4. The quantitative estimate of drug-likeness (QED) is 0.157. The SMILES string of the molecule is CC(C)(C)OC(=O)C(=O)N[C@@H](Cc1c[nH]c2ccccc12)C(=O)NNC(=O)OCC1c2ccccc2-c2ccccc21. The molecule has 0 bridgehead atoms. The van der Waals surface area contributed by atoms with Crippen molar-refractivity contribution in [3.05, 3.63) is 95.7 Å². The van der Waals surface area contributed by atoms with Gasteiger partial charge in [0.1, 0.15) is 18.2 Å². The van der Waals surface area contributed by atoms with Gasteiger partial charge in [0.15, 0.2) is 0 Å². The van der Waals surface area contributed by atoms with Crippen LogP contribution < -0.4 is 16.2 Å². The molecular formula is C32H32N4O6. The van der Waals surface area contributed by atoms with E-state index in [1.54, 1.807) is 27.0 Å². The summed E-state index contributed by atoms with van der Waals surface area (Å²) in [6.07, 6.45) is 0.898. The van der Waals surface area contributed by atoms with Gasteiger partial charge in [-0.15, -0.1) is 0 Å². The van der Waals surface area contributed by atoms with Crippen molar-refractivity contribution in [2.24, 2.45) is 0 Å². The highest BCUT2D eigenvalue weighted by Crippen LogP contribution is 2.44. The highest BCUT2D eigenvalue weighted by Gasteiger charge is 2.31. The average Bonchev–Trinajstić information content (AvgIpc) is 3.52. The van der Waals surface area contributed by atoms with Crippen LogP contribution in [-0.2, 0) is 30.3 Å². The van der Waals surface area contributed by atoms with Crippen LogP contribution in [0.5, 0.6) is 0 Å². The van der Waals surface area contributed by atoms with Gasteiger partial charge in [0.2, 0.25) is 0 Å². The van der Waals surface area contributed by atoms with E-state index >= 15 is 0 Å². The summed E-state index contributed by atoms with van der Waals surface area (Å²) in [4.78, 5) is 53.9. The van der Waals surface area contributed by atoms with Gasteiger partial charge in [-0.25, -0.2) is 15.0 Å². The maximum absolute atomic E-state index is 13.2. The lowest BCUT2D eigenvalue weighted by Gasteiger charge is -2.21. The summed E-state index contributed by atoms with van der Waals surface area (Å²) in [7, 11) is 0. The molecule has 0 unspecified atom stereocenters. The molecule has 0 radical (unpaired) electrons. The van der Waals surface area contributed by atoms with Crippen LogP contribution in [0.3, 0.4) is 0 Å². The van der Waals surface area contributed by atoms with Gasteiger partial charge in [-0.2, -0.15) is 0 Å². The van der Waals surface area contributed by atoms with Crippen molar-refractivity contribution in [2.75, 3.05) is 6.61 Å². The van der Waals surface area contributed by atoms with E-state index in [0.717, 1.165) is 38.7 Å². The molecular weight excluding hydrogens is 536 g/mol. The Labute approximate surface area is 242 Å². The minimum atomic E-state index is -1.21. The van der Waals surface area contributed by atoms with E-state index in [4.69, 9.17) is 9.47 Å². The number of benzene rings is 3. The molecule has 0 aliphatic heterocycles. The molecule has 0 spiro atoms. The summed E-state index contributed by atoms with van der Waals surface area (Å²) in [5, 5.41) is 3.29. The number of hydrazine groups is 1. The molecule has 10 nitrogen and oxygen atoms in total. The average molecular weight is 569 g/mol. The lowest BCUT2D eigenvalue weighted by Crippen LogP contribution is -2.54. The topological polar surface area (TPSA) is 139 Å². The Hall–Kier alpha value is -5.12. The van der Waals surface area contributed by atoms with Crippen LogP contribution in [-0.4, -0.2) is 47.1 Å². The van der Waals surface area contributed by atoms with Gasteiger partial charge in [-0.1, -0.05) is 66.7 Å². The smallest absolute Gasteiger partial charge is 0.426 e. The number of H-pyrrole nitrogens is 1. The molecule has 4 aromatic rings. The van der Waals surface area contributed by atoms with Gasteiger partial charge in [-0.05, 0) is 54.7 Å². The normalized spacial score (nSPS) is 13.0. The number of para-hydroxylation sites is 1. The number of ether oxygens (including phenoxy) is 2. The molecule has 1 aliphatic carbocycles. The molecule has 0 fully saturated rings. The fraction of sp³-hybridized carbons (Fsp3) is 0.250. The first-order valence-electron chi connectivity index (χ1n) is 13.6. The van der Waals surface area contributed by atoms with Crippen LogP contribution in [0, 0.1) is 0 Å².